The van der Waals surface area contributed by atoms with Crippen LogP contribution in [0, 0.1) is 0 Å². The minimum absolute atomic E-state index is 0.244. The highest BCUT2D eigenvalue weighted by Crippen LogP contribution is 2.17. The van der Waals surface area contributed by atoms with Crippen LogP contribution in [0.2, 0.25) is 0 Å². The molecule has 0 aromatic heterocycles. The smallest absolute Gasteiger partial charge is 0.334 e. The summed E-state index contributed by atoms with van der Waals surface area (Å²) in [6.45, 7) is 11.0. The quantitative estimate of drug-likeness (QED) is 0.209. The Balaban J connectivity index is 3.78. The zero-order chi connectivity index (χ0) is 11.7. The summed E-state index contributed by atoms with van der Waals surface area (Å²) in [5.41, 5.74) is 0.182. The first-order chi connectivity index (χ1) is 7.11. The van der Waals surface area contributed by atoms with E-state index in [-0.39, 0.29) is 11.4 Å². The Hall–Kier alpha value is -0.700. The van der Waals surface area contributed by atoms with Crippen molar-refractivity contribution in [3.63, 3.8) is 0 Å². The summed E-state index contributed by atoms with van der Waals surface area (Å²) in [7, 11) is 0. The molecule has 0 aromatic rings. The maximum absolute atomic E-state index is 11.2. The second kappa shape index (κ2) is 8.60. The van der Waals surface area contributed by atoms with Crippen molar-refractivity contribution < 1.29 is 9.53 Å². The molecule has 0 rings (SSSR count). The number of carbonyl (C=O) groups is 1. The van der Waals surface area contributed by atoms with Crippen molar-refractivity contribution in [2.24, 2.45) is 0 Å². The van der Waals surface area contributed by atoms with Crippen molar-refractivity contribution in [3.05, 3.63) is 24.8 Å². The Kier molecular flexibility index (Phi) is 8.19. The molecule has 0 N–H and O–H groups in total. The van der Waals surface area contributed by atoms with E-state index in [1.54, 1.807) is 24.8 Å². The van der Waals surface area contributed by atoms with Crippen LogP contribution in [0.5, 0.6) is 0 Å². The topological polar surface area (TPSA) is 26.3 Å². The highest BCUT2D eigenvalue weighted by atomic mass is 32.2. The van der Waals surface area contributed by atoms with Crippen LogP contribution in [0.15, 0.2) is 24.8 Å². The van der Waals surface area contributed by atoms with Crippen LogP contribution in [0.3, 0.4) is 0 Å². The fourth-order valence-electron chi connectivity index (χ4n) is 0.908. The molecule has 0 spiro atoms. The van der Waals surface area contributed by atoms with E-state index in [9.17, 15) is 4.79 Å². The number of unbranched alkanes of at least 4 members (excludes halogenated alkanes) is 2. The van der Waals surface area contributed by atoms with E-state index >= 15 is 0 Å². The Morgan fingerprint density at radius 3 is 2.67 bits per heavy atom. The minimum Gasteiger partial charge on any atom is -0.444 e. The first kappa shape index (κ1) is 14.3. The van der Waals surface area contributed by atoms with Crippen LogP contribution >= 0.6 is 11.8 Å². The van der Waals surface area contributed by atoms with Gasteiger partial charge in [-0.3, -0.25) is 0 Å². The molecular weight excluding hydrogens is 208 g/mol. The minimum atomic E-state index is -0.345. The third-order valence-electron chi connectivity index (χ3n) is 1.79. The van der Waals surface area contributed by atoms with Gasteiger partial charge in [-0.15, -0.1) is 11.8 Å². The molecule has 1 unspecified atom stereocenters. The van der Waals surface area contributed by atoms with Gasteiger partial charge in [0.2, 0.25) is 0 Å². The molecule has 0 heterocycles. The van der Waals surface area contributed by atoms with Crippen molar-refractivity contribution in [2.45, 2.75) is 38.5 Å². The number of hydrogen-bond acceptors (Lipinski definition) is 3. The molecule has 0 radical (unpaired) electrons. The molecule has 2 nitrogen and oxygen atoms in total. The van der Waals surface area contributed by atoms with Gasteiger partial charge in [0.05, 0.1) is 0 Å². The standard InChI is InChI=1S/C12H20O2S/c1-5-7-8-9-15-11(6-2)14-12(13)10(3)4/h6,11H,2-3,5,7-9H2,1,4H3. The lowest BCUT2D eigenvalue weighted by atomic mass is 10.3. The van der Waals surface area contributed by atoms with Gasteiger partial charge in [0.15, 0.2) is 5.44 Å². The summed E-state index contributed by atoms with van der Waals surface area (Å²) in [4.78, 5) is 11.2. The lowest BCUT2D eigenvalue weighted by molar-refractivity contribution is -0.138. The van der Waals surface area contributed by atoms with Gasteiger partial charge in [-0.2, -0.15) is 0 Å². The van der Waals surface area contributed by atoms with Crippen LogP contribution in [-0.2, 0) is 9.53 Å². The summed E-state index contributed by atoms with van der Waals surface area (Å²) in [6.07, 6.45) is 5.21. The van der Waals surface area contributed by atoms with Crippen LogP contribution < -0.4 is 0 Å². The average molecular weight is 228 g/mol. The molecular formula is C12H20O2S. The van der Waals surface area contributed by atoms with Gasteiger partial charge in [0, 0.05) is 5.57 Å². The van der Waals surface area contributed by atoms with Crippen molar-refractivity contribution >= 4 is 17.7 Å². The maximum Gasteiger partial charge on any atom is 0.334 e. The van der Waals surface area contributed by atoms with E-state index in [1.807, 2.05) is 0 Å². The summed E-state index contributed by atoms with van der Waals surface area (Å²) < 4.78 is 5.15. The molecule has 0 saturated heterocycles. The molecule has 1 atom stereocenters. The highest BCUT2D eigenvalue weighted by Gasteiger charge is 2.11. The molecule has 0 saturated carbocycles. The second-order valence-corrected chi connectivity index (χ2v) is 4.57. The summed E-state index contributed by atoms with van der Waals surface area (Å²) in [6, 6.07) is 0. The van der Waals surface area contributed by atoms with E-state index < -0.39 is 0 Å². The Morgan fingerprint density at radius 2 is 2.20 bits per heavy atom. The summed E-state index contributed by atoms with van der Waals surface area (Å²) >= 11 is 1.60. The molecule has 0 fully saturated rings. The van der Waals surface area contributed by atoms with Gasteiger partial charge in [-0.1, -0.05) is 32.9 Å². The number of rotatable bonds is 8. The summed E-state index contributed by atoms with van der Waals surface area (Å²) in [5.74, 6) is 0.649. The zero-order valence-corrected chi connectivity index (χ0v) is 10.4. The van der Waals surface area contributed by atoms with Gasteiger partial charge >= 0.3 is 5.97 Å². The molecule has 0 bridgehead atoms. The molecule has 0 aliphatic rings. The van der Waals surface area contributed by atoms with E-state index in [0.29, 0.717) is 5.57 Å². The Bertz CT molecular complexity index is 224. The van der Waals surface area contributed by atoms with Crippen LogP contribution in [0.1, 0.15) is 33.1 Å². The number of ether oxygens (including phenoxy) is 1. The number of esters is 1. The van der Waals surface area contributed by atoms with Crippen LogP contribution in [-0.4, -0.2) is 17.2 Å². The SMILES string of the molecule is C=CC(OC(=O)C(=C)C)SCCCCC. The van der Waals surface area contributed by atoms with E-state index in [0.717, 1.165) is 12.2 Å². The van der Waals surface area contributed by atoms with Crippen molar-refractivity contribution in [2.75, 3.05) is 5.75 Å². The number of carbonyl (C=O) groups excluding carboxylic acids is 1. The van der Waals surface area contributed by atoms with Crippen LogP contribution in [0.4, 0.5) is 0 Å². The first-order valence-electron chi connectivity index (χ1n) is 5.22. The van der Waals surface area contributed by atoms with Crippen molar-refractivity contribution in [1.82, 2.24) is 0 Å². The largest absolute Gasteiger partial charge is 0.444 e. The predicted octanol–water partition coefficient (Wildman–Crippen LogP) is 3.54. The molecule has 0 aromatic carbocycles. The van der Waals surface area contributed by atoms with E-state index in [4.69, 9.17) is 4.74 Å². The molecule has 86 valence electrons. The second-order valence-electron chi connectivity index (χ2n) is 3.37. The molecule has 15 heavy (non-hydrogen) atoms. The lowest BCUT2D eigenvalue weighted by Gasteiger charge is -2.13. The normalized spacial score (nSPS) is 11.9. The monoisotopic (exact) mass is 228 g/mol. The van der Waals surface area contributed by atoms with Gasteiger partial charge < -0.3 is 4.74 Å². The maximum atomic E-state index is 11.2. The van der Waals surface area contributed by atoms with E-state index in [1.165, 1.54) is 12.8 Å². The molecule has 0 aliphatic heterocycles. The van der Waals surface area contributed by atoms with Gasteiger partial charge in [-0.05, 0) is 25.2 Å². The van der Waals surface area contributed by atoms with Gasteiger partial charge in [0.25, 0.3) is 0 Å². The molecule has 0 aliphatic carbocycles. The van der Waals surface area contributed by atoms with E-state index in [2.05, 4.69) is 20.1 Å². The average Bonchev–Trinajstić information content (AvgIpc) is 2.22. The number of thioether (sulfide) groups is 1. The Morgan fingerprint density at radius 1 is 1.53 bits per heavy atom. The van der Waals surface area contributed by atoms with Crippen molar-refractivity contribution in [3.8, 4) is 0 Å². The summed E-state index contributed by atoms with van der Waals surface area (Å²) in [5, 5.41) is 0. The molecule has 0 amide bonds. The molecule has 3 heteroatoms. The third kappa shape index (κ3) is 7.25. The number of hydrogen-bond donors (Lipinski definition) is 0. The fraction of sp³-hybridized carbons (Fsp3) is 0.583. The zero-order valence-electron chi connectivity index (χ0n) is 9.62. The predicted molar refractivity (Wildman–Crippen MR) is 66.9 cm³/mol. The highest BCUT2D eigenvalue weighted by molar-refractivity contribution is 7.99. The third-order valence-corrected chi connectivity index (χ3v) is 2.94. The first-order valence-corrected chi connectivity index (χ1v) is 6.27. The van der Waals surface area contributed by atoms with Crippen LogP contribution in [0.25, 0.3) is 0 Å². The van der Waals surface area contributed by atoms with Gasteiger partial charge in [-0.25, -0.2) is 4.79 Å². The van der Waals surface area contributed by atoms with Gasteiger partial charge in [0.1, 0.15) is 0 Å². The fourth-order valence-corrected chi connectivity index (χ4v) is 1.80. The Labute approximate surface area is 96.8 Å². The lowest BCUT2D eigenvalue weighted by Crippen LogP contribution is -2.13. The van der Waals surface area contributed by atoms with Crippen molar-refractivity contribution in [1.29, 1.82) is 0 Å².